The zero-order chi connectivity index (χ0) is 18.4. The predicted octanol–water partition coefficient (Wildman–Crippen LogP) is 2.73. The van der Waals surface area contributed by atoms with E-state index in [1.165, 1.54) is 32.4 Å². The van der Waals surface area contributed by atoms with Crippen molar-refractivity contribution < 1.29 is 23.8 Å². The first-order chi connectivity index (χ1) is 11.9. The van der Waals surface area contributed by atoms with Gasteiger partial charge in [-0.15, -0.1) is 0 Å². The van der Waals surface area contributed by atoms with Gasteiger partial charge in [-0.3, -0.25) is 4.79 Å². The maximum atomic E-state index is 11.9. The van der Waals surface area contributed by atoms with Crippen LogP contribution < -0.4 is 20.5 Å². The number of carbonyl (C=O) groups excluding carboxylic acids is 2. The number of nitrogens with one attached hydrogen (secondary N) is 1. The van der Waals surface area contributed by atoms with Gasteiger partial charge in [0.05, 0.1) is 30.5 Å². The number of halogens is 1. The van der Waals surface area contributed by atoms with Gasteiger partial charge in [-0.25, -0.2) is 4.79 Å². The number of benzene rings is 2. The van der Waals surface area contributed by atoms with E-state index in [9.17, 15) is 9.59 Å². The van der Waals surface area contributed by atoms with E-state index in [4.69, 9.17) is 31.5 Å². The molecule has 132 valence electrons. The average Bonchev–Trinajstić information content (AvgIpc) is 2.61. The van der Waals surface area contributed by atoms with Crippen LogP contribution in [-0.2, 0) is 9.53 Å². The molecule has 0 spiro atoms. The fourth-order valence-electron chi connectivity index (χ4n) is 2.00. The molecule has 25 heavy (non-hydrogen) atoms. The molecule has 0 aliphatic heterocycles. The zero-order valence-corrected chi connectivity index (χ0v) is 14.4. The van der Waals surface area contributed by atoms with Gasteiger partial charge in [-0.2, -0.15) is 0 Å². The molecular weight excluding hydrogens is 348 g/mol. The van der Waals surface area contributed by atoms with Crippen molar-refractivity contribution in [3.63, 3.8) is 0 Å². The molecule has 0 saturated carbocycles. The summed E-state index contributed by atoms with van der Waals surface area (Å²) < 4.78 is 15.2. The Hall–Kier alpha value is -2.93. The molecule has 2 aromatic rings. The Kier molecular flexibility index (Phi) is 6.08. The van der Waals surface area contributed by atoms with Crippen molar-refractivity contribution >= 4 is 34.9 Å². The van der Waals surface area contributed by atoms with Crippen LogP contribution in [0, 0.1) is 0 Å². The van der Waals surface area contributed by atoms with Gasteiger partial charge in [0.25, 0.3) is 5.91 Å². The Morgan fingerprint density at radius 3 is 2.44 bits per heavy atom. The zero-order valence-electron chi connectivity index (χ0n) is 13.7. The van der Waals surface area contributed by atoms with Crippen molar-refractivity contribution in [3.05, 3.63) is 47.0 Å². The van der Waals surface area contributed by atoms with Gasteiger partial charge in [0.1, 0.15) is 0 Å². The molecule has 7 nitrogen and oxygen atoms in total. The molecule has 8 heteroatoms. The fraction of sp³-hybridized carbons (Fsp3) is 0.176. The minimum atomic E-state index is -0.675. The number of rotatable bonds is 6. The van der Waals surface area contributed by atoms with Gasteiger partial charge < -0.3 is 25.3 Å². The highest BCUT2D eigenvalue weighted by Crippen LogP contribution is 2.29. The van der Waals surface area contributed by atoms with Crippen molar-refractivity contribution in [3.8, 4) is 11.5 Å². The minimum absolute atomic E-state index is 0.209. The first-order valence-electron chi connectivity index (χ1n) is 7.18. The summed E-state index contributed by atoms with van der Waals surface area (Å²) in [5.74, 6) is -0.172. The monoisotopic (exact) mass is 364 g/mol. The van der Waals surface area contributed by atoms with E-state index in [1.807, 2.05) is 0 Å². The molecule has 2 rings (SSSR count). The smallest absolute Gasteiger partial charge is 0.338 e. The molecule has 0 bridgehead atoms. The van der Waals surface area contributed by atoms with Gasteiger partial charge in [-0.1, -0.05) is 11.6 Å². The second-order valence-corrected chi connectivity index (χ2v) is 5.34. The number of amides is 1. The molecule has 0 atom stereocenters. The Bertz CT molecular complexity index is 795. The van der Waals surface area contributed by atoms with Crippen molar-refractivity contribution in [2.24, 2.45) is 0 Å². The van der Waals surface area contributed by atoms with Crippen molar-refractivity contribution in [2.75, 3.05) is 31.9 Å². The molecule has 0 aliphatic rings. The predicted molar refractivity (Wildman–Crippen MR) is 94.3 cm³/mol. The molecule has 0 aromatic heterocycles. The Morgan fingerprint density at radius 1 is 1.08 bits per heavy atom. The van der Waals surface area contributed by atoms with Gasteiger partial charge in [-0.05, 0) is 30.3 Å². The normalized spacial score (nSPS) is 10.0. The lowest BCUT2D eigenvalue weighted by Crippen LogP contribution is -2.21. The number of hydrogen-bond acceptors (Lipinski definition) is 6. The molecule has 0 aliphatic carbocycles. The third-order valence-electron chi connectivity index (χ3n) is 3.23. The maximum Gasteiger partial charge on any atom is 0.338 e. The molecule has 0 fully saturated rings. The highest BCUT2D eigenvalue weighted by atomic mass is 35.5. The summed E-state index contributed by atoms with van der Waals surface area (Å²) in [4.78, 5) is 23.8. The summed E-state index contributed by atoms with van der Waals surface area (Å²) in [6, 6.07) is 9.22. The van der Waals surface area contributed by atoms with Crippen LogP contribution in [0.15, 0.2) is 36.4 Å². The van der Waals surface area contributed by atoms with E-state index in [2.05, 4.69) is 5.32 Å². The van der Waals surface area contributed by atoms with E-state index in [-0.39, 0.29) is 11.3 Å². The summed E-state index contributed by atoms with van der Waals surface area (Å²) in [5.41, 5.74) is 6.57. The molecule has 0 unspecified atom stereocenters. The molecule has 0 heterocycles. The number of carbonyl (C=O) groups is 2. The summed E-state index contributed by atoms with van der Waals surface area (Å²) in [7, 11) is 3.00. The molecule has 0 radical (unpaired) electrons. The number of hydrogen-bond donors (Lipinski definition) is 2. The summed E-state index contributed by atoms with van der Waals surface area (Å²) in [5, 5.41) is 2.93. The van der Waals surface area contributed by atoms with Crippen LogP contribution in [0.3, 0.4) is 0 Å². The van der Waals surface area contributed by atoms with Gasteiger partial charge >= 0.3 is 5.97 Å². The lowest BCUT2D eigenvalue weighted by atomic mass is 10.2. The van der Waals surface area contributed by atoms with E-state index < -0.39 is 18.5 Å². The first-order valence-corrected chi connectivity index (χ1v) is 7.56. The lowest BCUT2D eigenvalue weighted by molar-refractivity contribution is -0.119. The second kappa shape index (κ2) is 8.25. The topological polar surface area (TPSA) is 99.9 Å². The van der Waals surface area contributed by atoms with Crippen LogP contribution in [-0.4, -0.2) is 32.7 Å². The maximum absolute atomic E-state index is 11.9. The van der Waals surface area contributed by atoms with Crippen LogP contribution in [0.1, 0.15) is 10.4 Å². The standard InChI is InChI=1S/C17H17ClN2O5/c1-23-14-6-4-11(8-15(14)24-2)20-16(21)9-25-17(22)10-3-5-12(18)13(19)7-10/h3-8H,9,19H2,1-2H3,(H,20,21). The van der Waals surface area contributed by atoms with Crippen molar-refractivity contribution in [1.29, 1.82) is 0 Å². The summed E-state index contributed by atoms with van der Waals surface area (Å²) >= 11 is 5.79. The third kappa shape index (κ3) is 4.77. The largest absolute Gasteiger partial charge is 0.493 e. The molecule has 2 aromatic carbocycles. The SMILES string of the molecule is COc1ccc(NC(=O)COC(=O)c2ccc(Cl)c(N)c2)cc1OC. The Balaban J connectivity index is 1.94. The number of nitrogens with two attached hydrogens (primary N) is 1. The van der Waals surface area contributed by atoms with Crippen LogP contribution in [0.5, 0.6) is 11.5 Å². The molecular formula is C17H17ClN2O5. The van der Waals surface area contributed by atoms with E-state index in [1.54, 1.807) is 18.2 Å². The lowest BCUT2D eigenvalue weighted by Gasteiger charge is -2.11. The molecule has 1 amide bonds. The van der Waals surface area contributed by atoms with Crippen LogP contribution in [0.4, 0.5) is 11.4 Å². The highest BCUT2D eigenvalue weighted by Gasteiger charge is 2.12. The van der Waals surface area contributed by atoms with Gasteiger partial charge in [0, 0.05) is 11.8 Å². The quantitative estimate of drug-likeness (QED) is 0.604. The highest BCUT2D eigenvalue weighted by molar-refractivity contribution is 6.33. The van der Waals surface area contributed by atoms with E-state index >= 15 is 0 Å². The summed E-state index contributed by atoms with van der Waals surface area (Å²) in [6.45, 7) is -0.449. The van der Waals surface area contributed by atoms with Crippen LogP contribution >= 0.6 is 11.6 Å². The summed E-state index contributed by atoms with van der Waals surface area (Å²) in [6.07, 6.45) is 0. The molecule has 3 N–H and O–H groups in total. The second-order valence-electron chi connectivity index (χ2n) is 4.93. The van der Waals surface area contributed by atoms with Gasteiger partial charge in [0.2, 0.25) is 0 Å². The molecule has 0 saturated heterocycles. The van der Waals surface area contributed by atoms with Crippen LogP contribution in [0.25, 0.3) is 0 Å². The van der Waals surface area contributed by atoms with E-state index in [0.29, 0.717) is 22.2 Å². The van der Waals surface area contributed by atoms with Crippen LogP contribution in [0.2, 0.25) is 5.02 Å². The Labute approximate surface area is 149 Å². The van der Waals surface area contributed by atoms with Crippen molar-refractivity contribution in [1.82, 2.24) is 0 Å². The third-order valence-corrected chi connectivity index (χ3v) is 3.58. The Morgan fingerprint density at radius 2 is 1.80 bits per heavy atom. The average molecular weight is 365 g/mol. The number of methoxy groups -OCH3 is 2. The van der Waals surface area contributed by atoms with E-state index in [0.717, 1.165) is 0 Å². The van der Waals surface area contributed by atoms with Crippen molar-refractivity contribution in [2.45, 2.75) is 0 Å². The number of nitrogen functional groups attached to an aromatic ring is 1. The number of anilines is 2. The van der Waals surface area contributed by atoms with Gasteiger partial charge in [0.15, 0.2) is 18.1 Å². The number of esters is 1. The fourth-order valence-corrected chi connectivity index (χ4v) is 2.11. The first kappa shape index (κ1) is 18.4. The minimum Gasteiger partial charge on any atom is -0.493 e. The number of ether oxygens (including phenoxy) is 3.